The van der Waals surface area contributed by atoms with Crippen LogP contribution in [0.1, 0.15) is 28.8 Å². The molecule has 2 aliphatic heterocycles. The molecule has 0 spiro atoms. The van der Waals surface area contributed by atoms with Gasteiger partial charge in [0.2, 0.25) is 0 Å². The van der Waals surface area contributed by atoms with Gasteiger partial charge in [0.15, 0.2) is 0 Å². The lowest BCUT2D eigenvalue weighted by atomic mass is 10.0. The first-order chi connectivity index (χ1) is 14.3. The number of benzene rings is 2. The summed E-state index contributed by atoms with van der Waals surface area (Å²) in [5.74, 6) is 1.51. The standard InChI is InChI=1S/C24H28N2O3/c27-24(21-8-4-5-9-23(21)29-15-18-6-2-1-3-7-18)25-12-13-26-20(14-25)16-28-17-22(26)19-10-11-19/h1-9,19-20,22H,10-17H2/t20-,22-/m1/s1. The molecular formula is C24H28N2O3. The summed E-state index contributed by atoms with van der Waals surface area (Å²) in [7, 11) is 0. The molecule has 0 N–H and O–H groups in total. The molecule has 0 bridgehead atoms. The number of nitrogens with zero attached hydrogens (tertiary/aromatic N) is 2. The van der Waals surface area contributed by atoms with Gasteiger partial charge in [-0.3, -0.25) is 9.69 Å². The van der Waals surface area contributed by atoms with E-state index in [1.165, 1.54) is 12.8 Å². The van der Waals surface area contributed by atoms with E-state index in [0.29, 0.717) is 30.0 Å². The maximum Gasteiger partial charge on any atom is 0.257 e. The minimum Gasteiger partial charge on any atom is -0.488 e. The number of rotatable bonds is 5. The van der Waals surface area contributed by atoms with E-state index in [1.807, 2.05) is 59.5 Å². The fourth-order valence-corrected chi connectivity index (χ4v) is 4.62. The predicted molar refractivity (Wildman–Crippen MR) is 111 cm³/mol. The molecule has 5 nitrogen and oxygen atoms in total. The van der Waals surface area contributed by atoms with Gasteiger partial charge in [-0.1, -0.05) is 42.5 Å². The van der Waals surface area contributed by atoms with Gasteiger partial charge in [0.25, 0.3) is 5.91 Å². The molecule has 5 rings (SSSR count). The molecule has 2 heterocycles. The van der Waals surface area contributed by atoms with E-state index in [2.05, 4.69) is 4.90 Å². The number of morpholine rings is 1. The monoisotopic (exact) mass is 392 g/mol. The summed E-state index contributed by atoms with van der Waals surface area (Å²) in [6, 6.07) is 18.5. The number of fused-ring (bicyclic) bond motifs is 1. The quantitative estimate of drug-likeness (QED) is 0.784. The average molecular weight is 392 g/mol. The Morgan fingerprint density at radius 1 is 1.00 bits per heavy atom. The SMILES string of the molecule is O=C(c1ccccc1OCc1ccccc1)N1CCN2[C@@H](COC[C@@H]2C2CC2)C1. The number of hydrogen-bond acceptors (Lipinski definition) is 4. The molecule has 5 heteroatoms. The summed E-state index contributed by atoms with van der Waals surface area (Å²) < 4.78 is 11.9. The maximum atomic E-state index is 13.3. The van der Waals surface area contributed by atoms with Gasteiger partial charge in [0, 0.05) is 25.7 Å². The first-order valence-electron chi connectivity index (χ1n) is 10.7. The van der Waals surface area contributed by atoms with E-state index in [4.69, 9.17) is 9.47 Å². The predicted octanol–water partition coefficient (Wildman–Crippen LogP) is 3.20. The summed E-state index contributed by atoms with van der Waals surface area (Å²) >= 11 is 0. The van der Waals surface area contributed by atoms with Crippen LogP contribution in [0.2, 0.25) is 0 Å². The van der Waals surface area contributed by atoms with Crippen molar-refractivity contribution in [2.75, 3.05) is 32.8 Å². The van der Waals surface area contributed by atoms with Gasteiger partial charge in [-0.25, -0.2) is 0 Å². The molecule has 2 aromatic rings. The van der Waals surface area contributed by atoms with Crippen LogP contribution in [0.5, 0.6) is 5.75 Å². The lowest BCUT2D eigenvalue weighted by molar-refractivity contribution is -0.0816. The minimum absolute atomic E-state index is 0.0573. The summed E-state index contributed by atoms with van der Waals surface area (Å²) in [5.41, 5.74) is 1.74. The van der Waals surface area contributed by atoms with E-state index in [0.717, 1.165) is 44.3 Å². The van der Waals surface area contributed by atoms with Crippen molar-refractivity contribution < 1.29 is 14.3 Å². The van der Waals surface area contributed by atoms with Crippen LogP contribution in [0, 0.1) is 5.92 Å². The third-order valence-corrected chi connectivity index (χ3v) is 6.36. The fourth-order valence-electron chi connectivity index (χ4n) is 4.62. The number of carbonyl (C=O) groups excluding carboxylic acids is 1. The van der Waals surface area contributed by atoms with Crippen molar-refractivity contribution in [3.8, 4) is 5.75 Å². The van der Waals surface area contributed by atoms with E-state index >= 15 is 0 Å². The zero-order chi connectivity index (χ0) is 19.6. The molecule has 1 aliphatic carbocycles. The Morgan fingerprint density at radius 2 is 1.79 bits per heavy atom. The van der Waals surface area contributed by atoms with Gasteiger partial charge in [-0.05, 0) is 36.5 Å². The highest BCUT2D eigenvalue weighted by Gasteiger charge is 2.43. The average Bonchev–Trinajstić information content (AvgIpc) is 3.63. The van der Waals surface area contributed by atoms with E-state index in [9.17, 15) is 4.79 Å². The molecule has 152 valence electrons. The van der Waals surface area contributed by atoms with Crippen LogP contribution in [0.3, 0.4) is 0 Å². The molecule has 0 radical (unpaired) electrons. The van der Waals surface area contributed by atoms with Crippen molar-refractivity contribution in [2.24, 2.45) is 5.92 Å². The molecule has 3 aliphatic rings. The first-order valence-corrected chi connectivity index (χ1v) is 10.7. The summed E-state index contributed by atoms with van der Waals surface area (Å²) in [5, 5.41) is 0. The maximum absolute atomic E-state index is 13.3. The van der Waals surface area contributed by atoms with Crippen molar-refractivity contribution in [1.82, 2.24) is 9.80 Å². The molecule has 0 aromatic heterocycles. The zero-order valence-electron chi connectivity index (χ0n) is 16.7. The number of para-hydroxylation sites is 1. The Kier molecular flexibility index (Phi) is 5.25. The number of carbonyl (C=O) groups is 1. The summed E-state index contributed by atoms with van der Waals surface area (Å²) in [6.45, 7) is 4.47. The molecule has 3 fully saturated rings. The van der Waals surface area contributed by atoms with Crippen LogP contribution in [-0.2, 0) is 11.3 Å². The van der Waals surface area contributed by atoms with Gasteiger partial charge in [-0.15, -0.1) is 0 Å². The molecule has 2 saturated heterocycles. The Labute approximate surface area is 172 Å². The van der Waals surface area contributed by atoms with Gasteiger partial charge in [-0.2, -0.15) is 0 Å². The van der Waals surface area contributed by atoms with Crippen LogP contribution in [0.4, 0.5) is 0 Å². The Hall–Kier alpha value is -2.37. The summed E-state index contributed by atoms with van der Waals surface area (Å²) in [4.78, 5) is 17.9. The van der Waals surface area contributed by atoms with Crippen LogP contribution < -0.4 is 4.74 Å². The topological polar surface area (TPSA) is 42.0 Å². The fraction of sp³-hybridized carbons (Fsp3) is 0.458. The molecule has 2 aromatic carbocycles. The first kappa shape index (κ1) is 18.6. The lowest BCUT2D eigenvalue weighted by Crippen LogP contribution is -2.63. The molecule has 1 saturated carbocycles. The van der Waals surface area contributed by atoms with Crippen molar-refractivity contribution >= 4 is 5.91 Å². The third-order valence-electron chi connectivity index (χ3n) is 6.36. The van der Waals surface area contributed by atoms with Crippen molar-refractivity contribution in [3.05, 3.63) is 65.7 Å². The second-order valence-electron chi connectivity index (χ2n) is 8.36. The van der Waals surface area contributed by atoms with Crippen LogP contribution in [0.25, 0.3) is 0 Å². The third kappa shape index (κ3) is 4.02. The molecular weight excluding hydrogens is 364 g/mol. The van der Waals surface area contributed by atoms with Gasteiger partial charge in [0.1, 0.15) is 12.4 Å². The zero-order valence-corrected chi connectivity index (χ0v) is 16.7. The Balaban J connectivity index is 1.27. The highest BCUT2D eigenvalue weighted by Crippen LogP contribution is 2.38. The van der Waals surface area contributed by atoms with Crippen molar-refractivity contribution in [1.29, 1.82) is 0 Å². The molecule has 2 atom stereocenters. The molecule has 29 heavy (non-hydrogen) atoms. The minimum atomic E-state index is 0.0573. The molecule has 1 amide bonds. The Morgan fingerprint density at radius 3 is 2.62 bits per heavy atom. The highest BCUT2D eigenvalue weighted by molar-refractivity contribution is 5.97. The van der Waals surface area contributed by atoms with Crippen molar-refractivity contribution in [3.63, 3.8) is 0 Å². The lowest BCUT2D eigenvalue weighted by Gasteiger charge is -2.48. The second-order valence-corrected chi connectivity index (χ2v) is 8.36. The van der Waals surface area contributed by atoms with E-state index in [-0.39, 0.29) is 5.91 Å². The van der Waals surface area contributed by atoms with Gasteiger partial charge >= 0.3 is 0 Å². The largest absolute Gasteiger partial charge is 0.488 e. The summed E-state index contributed by atoms with van der Waals surface area (Å²) in [6.07, 6.45) is 2.65. The van der Waals surface area contributed by atoms with E-state index in [1.54, 1.807) is 0 Å². The van der Waals surface area contributed by atoms with Gasteiger partial charge < -0.3 is 14.4 Å². The van der Waals surface area contributed by atoms with Crippen LogP contribution in [0.15, 0.2) is 54.6 Å². The highest BCUT2D eigenvalue weighted by atomic mass is 16.5. The molecule has 0 unspecified atom stereocenters. The number of piperazine rings is 1. The van der Waals surface area contributed by atoms with Crippen LogP contribution >= 0.6 is 0 Å². The number of amides is 1. The van der Waals surface area contributed by atoms with Crippen molar-refractivity contribution in [2.45, 2.75) is 31.5 Å². The van der Waals surface area contributed by atoms with Gasteiger partial charge in [0.05, 0.1) is 24.8 Å². The Bertz CT molecular complexity index is 852. The number of ether oxygens (including phenoxy) is 2. The normalized spacial score (nSPS) is 24.8. The van der Waals surface area contributed by atoms with Crippen LogP contribution in [-0.4, -0.2) is 60.6 Å². The second kappa shape index (κ2) is 8.17. The van der Waals surface area contributed by atoms with E-state index < -0.39 is 0 Å². The smallest absolute Gasteiger partial charge is 0.257 e. The number of hydrogen-bond donors (Lipinski definition) is 0.